The highest BCUT2D eigenvalue weighted by atomic mass is 35.5. The fraction of sp³-hybridized carbons (Fsp3) is 0.364. The fourth-order valence-corrected chi connectivity index (χ4v) is 1.95. The fourth-order valence-electron chi connectivity index (χ4n) is 1.75. The van der Waals surface area contributed by atoms with Crippen molar-refractivity contribution in [1.29, 1.82) is 0 Å². The van der Waals surface area contributed by atoms with Gasteiger partial charge in [0.05, 0.1) is 17.6 Å². The number of aromatic nitrogens is 2. The first-order valence-corrected chi connectivity index (χ1v) is 5.79. The zero-order valence-electron chi connectivity index (χ0n) is 9.94. The van der Waals surface area contributed by atoms with Gasteiger partial charge in [0, 0.05) is 25.5 Å². The molecule has 2 N–H and O–H groups in total. The molecule has 0 aromatic carbocycles. The molecule has 0 fully saturated rings. The van der Waals surface area contributed by atoms with E-state index in [4.69, 9.17) is 16.3 Å². The van der Waals surface area contributed by atoms with Gasteiger partial charge in [-0.2, -0.15) is 13.2 Å². The van der Waals surface area contributed by atoms with E-state index >= 15 is 0 Å². The van der Waals surface area contributed by atoms with Crippen molar-refractivity contribution in [3.05, 3.63) is 23.0 Å². The monoisotopic (exact) mass is 293 g/mol. The molecule has 0 radical (unpaired) electrons. The maximum Gasteiger partial charge on any atom is 0.418 e. The highest BCUT2D eigenvalue weighted by molar-refractivity contribution is 6.30. The van der Waals surface area contributed by atoms with E-state index < -0.39 is 11.7 Å². The lowest BCUT2D eigenvalue weighted by Gasteiger charge is -2.10. The van der Waals surface area contributed by atoms with E-state index in [2.05, 4.69) is 15.3 Å². The van der Waals surface area contributed by atoms with Gasteiger partial charge >= 0.3 is 6.18 Å². The summed E-state index contributed by atoms with van der Waals surface area (Å²) in [5.41, 5.74) is -0.396. The summed E-state index contributed by atoms with van der Waals surface area (Å²) in [6.45, 7) is 0.738. The van der Waals surface area contributed by atoms with Gasteiger partial charge in [-0.05, 0) is 6.07 Å². The number of methoxy groups -OCH3 is 1. The number of pyridine rings is 1. The van der Waals surface area contributed by atoms with Crippen LogP contribution in [0.4, 0.5) is 18.9 Å². The van der Waals surface area contributed by atoms with Crippen LogP contribution in [0, 0.1) is 0 Å². The summed E-state index contributed by atoms with van der Waals surface area (Å²) in [7, 11) is 1.51. The SMILES string of the molecule is COCCNc1cc(Cl)nc2[nH]cc(C(F)(F)F)c12. The molecule has 19 heavy (non-hydrogen) atoms. The third-order valence-corrected chi connectivity index (χ3v) is 2.73. The average molecular weight is 294 g/mol. The summed E-state index contributed by atoms with van der Waals surface area (Å²) in [6.07, 6.45) is -3.57. The number of nitrogens with one attached hydrogen (secondary N) is 2. The van der Waals surface area contributed by atoms with Crippen LogP contribution in [0.5, 0.6) is 0 Å². The van der Waals surface area contributed by atoms with Crippen LogP contribution in [0.25, 0.3) is 11.0 Å². The first-order valence-electron chi connectivity index (χ1n) is 5.41. The van der Waals surface area contributed by atoms with Gasteiger partial charge in [-0.1, -0.05) is 11.6 Å². The molecule has 104 valence electrons. The smallest absolute Gasteiger partial charge is 0.383 e. The second-order valence-corrected chi connectivity index (χ2v) is 4.22. The number of fused-ring (bicyclic) bond motifs is 1. The third kappa shape index (κ3) is 2.93. The number of aromatic amines is 1. The summed E-state index contributed by atoms with van der Waals surface area (Å²) in [4.78, 5) is 6.32. The molecule has 0 aliphatic rings. The molecule has 4 nitrogen and oxygen atoms in total. The van der Waals surface area contributed by atoms with Crippen LogP contribution in [0.3, 0.4) is 0 Å². The number of anilines is 1. The van der Waals surface area contributed by atoms with Crippen LogP contribution in [0.1, 0.15) is 5.56 Å². The van der Waals surface area contributed by atoms with E-state index in [-0.39, 0.29) is 21.9 Å². The summed E-state index contributed by atoms with van der Waals surface area (Å²) in [5, 5.41) is 2.95. The van der Waals surface area contributed by atoms with Crippen LogP contribution in [-0.4, -0.2) is 30.2 Å². The summed E-state index contributed by atoms with van der Waals surface area (Å²) in [5.74, 6) is 0. The van der Waals surface area contributed by atoms with E-state index in [9.17, 15) is 13.2 Å². The minimum atomic E-state index is -4.45. The predicted octanol–water partition coefficient (Wildman–Crippen LogP) is 3.29. The first kappa shape index (κ1) is 14.0. The average Bonchev–Trinajstić information content (AvgIpc) is 2.72. The van der Waals surface area contributed by atoms with E-state index in [1.807, 2.05) is 0 Å². The van der Waals surface area contributed by atoms with Crippen molar-refractivity contribution in [2.45, 2.75) is 6.18 Å². The van der Waals surface area contributed by atoms with E-state index in [0.717, 1.165) is 6.20 Å². The molecule has 0 bridgehead atoms. The van der Waals surface area contributed by atoms with Crippen LogP contribution >= 0.6 is 11.6 Å². The first-order chi connectivity index (χ1) is 8.93. The van der Waals surface area contributed by atoms with Gasteiger partial charge in [0.2, 0.25) is 0 Å². The lowest BCUT2D eigenvalue weighted by atomic mass is 10.2. The standard InChI is InChI=1S/C11H11ClF3N3O/c1-19-3-2-16-7-4-8(12)18-10-9(7)6(5-17-10)11(13,14)15/h4-5H,2-3H2,1H3,(H2,16,17,18). The number of halogens is 4. The van der Waals surface area contributed by atoms with Crippen LogP contribution in [0.2, 0.25) is 5.15 Å². The van der Waals surface area contributed by atoms with Crippen LogP contribution < -0.4 is 5.32 Å². The number of hydrogen-bond acceptors (Lipinski definition) is 3. The number of alkyl halides is 3. The number of ether oxygens (including phenoxy) is 1. The van der Waals surface area contributed by atoms with Gasteiger partial charge in [0.25, 0.3) is 0 Å². The highest BCUT2D eigenvalue weighted by Crippen LogP contribution is 2.38. The van der Waals surface area contributed by atoms with Gasteiger partial charge in [-0.3, -0.25) is 0 Å². The quantitative estimate of drug-likeness (QED) is 0.672. The molecule has 2 aromatic rings. The van der Waals surface area contributed by atoms with Crippen molar-refractivity contribution in [2.24, 2.45) is 0 Å². The Morgan fingerprint density at radius 2 is 2.21 bits per heavy atom. The largest absolute Gasteiger partial charge is 0.418 e. The molecule has 0 amide bonds. The Balaban J connectivity index is 2.50. The topological polar surface area (TPSA) is 49.9 Å². The van der Waals surface area contributed by atoms with Crippen molar-refractivity contribution >= 4 is 28.3 Å². The van der Waals surface area contributed by atoms with Gasteiger partial charge in [0.15, 0.2) is 0 Å². The van der Waals surface area contributed by atoms with Gasteiger partial charge in [0.1, 0.15) is 10.8 Å². The predicted molar refractivity (Wildman–Crippen MR) is 66.5 cm³/mol. The lowest BCUT2D eigenvalue weighted by molar-refractivity contribution is -0.136. The van der Waals surface area contributed by atoms with Crippen LogP contribution in [0.15, 0.2) is 12.3 Å². The molecular weight excluding hydrogens is 283 g/mol. The van der Waals surface area contributed by atoms with E-state index in [1.54, 1.807) is 0 Å². The van der Waals surface area contributed by atoms with Crippen LogP contribution in [-0.2, 0) is 10.9 Å². The molecular formula is C11H11ClF3N3O. The summed E-state index contributed by atoms with van der Waals surface area (Å²) in [6, 6.07) is 1.36. The van der Waals surface area contributed by atoms with Crippen molar-refractivity contribution in [3.8, 4) is 0 Å². The molecule has 0 aliphatic heterocycles. The number of H-pyrrole nitrogens is 1. The number of nitrogens with zero attached hydrogens (tertiary/aromatic N) is 1. The van der Waals surface area contributed by atoms with Crippen molar-refractivity contribution in [2.75, 3.05) is 25.6 Å². The van der Waals surface area contributed by atoms with E-state index in [0.29, 0.717) is 13.2 Å². The van der Waals surface area contributed by atoms with Gasteiger partial charge < -0.3 is 15.0 Å². The second-order valence-electron chi connectivity index (χ2n) is 3.84. The van der Waals surface area contributed by atoms with E-state index in [1.165, 1.54) is 13.2 Å². The number of rotatable bonds is 4. The number of hydrogen-bond donors (Lipinski definition) is 2. The molecule has 0 saturated carbocycles. The Kier molecular flexibility index (Phi) is 3.86. The third-order valence-electron chi connectivity index (χ3n) is 2.54. The molecule has 0 aliphatic carbocycles. The molecule has 2 heterocycles. The molecule has 0 saturated heterocycles. The lowest BCUT2D eigenvalue weighted by Crippen LogP contribution is -2.10. The van der Waals surface area contributed by atoms with Crippen molar-refractivity contribution in [1.82, 2.24) is 9.97 Å². The molecule has 0 spiro atoms. The summed E-state index contributed by atoms with van der Waals surface area (Å²) >= 11 is 5.78. The summed E-state index contributed by atoms with van der Waals surface area (Å²) < 4.78 is 43.5. The molecule has 8 heteroatoms. The van der Waals surface area contributed by atoms with Gasteiger partial charge in [-0.15, -0.1) is 0 Å². The van der Waals surface area contributed by atoms with Crippen molar-refractivity contribution < 1.29 is 17.9 Å². The second kappa shape index (κ2) is 5.26. The molecule has 0 atom stereocenters. The maximum absolute atomic E-state index is 12.9. The highest BCUT2D eigenvalue weighted by Gasteiger charge is 2.35. The Hall–Kier alpha value is -1.47. The maximum atomic E-state index is 12.9. The molecule has 2 rings (SSSR count). The molecule has 0 unspecified atom stereocenters. The Morgan fingerprint density at radius 3 is 2.84 bits per heavy atom. The minimum absolute atomic E-state index is 0.0204. The van der Waals surface area contributed by atoms with Crippen molar-refractivity contribution in [3.63, 3.8) is 0 Å². The van der Waals surface area contributed by atoms with Gasteiger partial charge in [-0.25, -0.2) is 4.98 Å². The zero-order chi connectivity index (χ0) is 14.0. The minimum Gasteiger partial charge on any atom is -0.383 e. The Bertz CT molecular complexity index is 582. The normalized spacial score (nSPS) is 12.1. The zero-order valence-corrected chi connectivity index (χ0v) is 10.7. The Morgan fingerprint density at radius 1 is 1.47 bits per heavy atom. The molecule has 2 aromatic heterocycles. The Labute approximate surface area is 111 Å².